The maximum atomic E-state index is 6.22. The van der Waals surface area contributed by atoms with E-state index in [4.69, 9.17) is 34.8 Å². The summed E-state index contributed by atoms with van der Waals surface area (Å²) in [5, 5.41) is 1.34. The fourth-order valence-corrected chi connectivity index (χ4v) is 3.38. The van der Waals surface area contributed by atoms with E-state index in [1.807, 2.05) is 30.3 Å². The van der Waals surface area contributed by atoms with Crippen LogP contribution in [0.5, 0.6) is 0 Å². The highest BCUT2D eigenvalue weighted by Crippen LogP contribution is 2.31. The van der Waals surface area contributed by atoms with Crippen LogP contribution in [0.3, 0.4) is 0 Å². The molecule has 0 bridgehead atoms. The molecule has 0 fully saturated rings. The van der Waals surface area contributed by atoms with Crippen LogP contribution in [0.1, 0.15) is 17.0 Å². The van der Waals surface area contributed by atoms with Crippen molar-refractivity contribution >= 4 is 50.7 Å². The SMILES string of the molecule is ClCC(Cc1ccc(Cl)cc1Cl)c1ccccc1Br. The van der Waals surface area contributed by atoms with E-state index in [9.17, 15) is 0 Å². The zero-order chi connectivity index (χ0) is 13.8. The van der Waals surface area contributed by atoms with Gasteiger partial charge in [-0.2, -0.15) is 0 Å². The molecule has 1 unspecified atom stereocenters. The van der Waals surface area contributed by atoms with Gasteiger partial charge in [-0.15, -0.1) is 11.6 Å². The largest absolute Gasteiger partial charge is 0.126 e. The third-order valence-electron chi connectivity index (χ3n) is 3.01. The van der Waals surface area contributed by atoms with Crippen LogP contribution in [0.15, 0.2) is 46.9 Å². The van der Waals surface area contributed by atoms with E-state index in [-0.39, 0.29) is 5.92 Å². The first-order valence-electron chi connectivity index (χ1n) is 5.86. The summed E-state index contributed by atoms with van der Waals surface area (Å²) < 4.78 is 1.07. The number of hydrogen-bond acceptors (Lipinski definition) is 0. The van der Waals surface area contributed by atoms with Crippen LogP contribution in [0.4, 0.5) is 0 Å². The van der Waals surface area contributed by atoms with Crippen LogP contribution in [0.25, 0.3) is 0 Å². The second kappa shape index (κ2) is 6.99. The second-order valence-corrected chi connectivity index (χ2v) is 6.32. The van der Waals surface area contributed by atoms with Crippen molar-refractivity contribution in [3.63, 3.8) is 0 Å². The standard InChI is InChI=1S/C15H12BrCl3/c16-14-4-2-1-3-13(14)11(9-17)7-10-5-6-12(18)8-15(10)19/h1-6,8,11H,7,9H2. The average Bonchev–Trinajstić information content (AvgIpc) is 2.39. The van der Waals surface area contributed by atoms with Crippen LogP contribution < -0.4 is 0 Å². The maximum absolute atomic E-state index is 6.22. The highest BCUT2D eigenvalue weighted by molar-refractivity contribution is 9.10. The first-order chi connectivity index (χ1) is 9.11. The summed E-state index contributed by atoms with van der Waals surface area (Å²) in [4.78, 5) is 0. The Hall–Kier alpha value is -0.210. The third kappa shape index (κ3) is 3.88. The van der Waals surface area contributed by atoms with E-state index in [1.54, 1.807) is 6.07 Å². The van der Waals surface area contributed by atoms with E-state index in [2.05, 4.69) is 22.0 Å². The van der Waals surface area contributed by atoms with Gasteiger partial charge in [-0.3, -0.25) is 0 Å². The predicted octanol–water partition coefficient (Wildman–Crippen LogP) is 6.32. The number of rotatable bonds is 4. The van der Waals surface area contributed by atoms with Crippen molar-refractivity contribution in [3.05, 3.63) is 68.1 Å². The minimum absolute atomic E-state index is 0.218. The summed E-state index contributed by atoms with van der Waals surface area (Å²) >= 11 is 21.8. The Labute approximate surface area is 136 Å². The van der Waals surface area contributed by atoms with Crippen LogP contribution in [0, 0.1) is 0 Å². The van der Waals surface area contributed by atoms with Gasteiger partial charge in [0, 0.05) is 26.3 Å². The van der Waals surface area contributed by atoms with Crippen molar-refractivity contribution in [1.82, 2.24) is 0 Å². The molecule has 2 aromatic carbocycles. The summed E-state index contributed by atoms with van der Waals surface area (Å²) in [5.74, 6) is 0.762. The highest BCUT2D eigenvalue weighted by Gasteiger charge is 2.15. The molecule has 2 aromatic rings. The monoisotopic (exact) mass is 376 g/mol. The zero-order valence-electron chi connectivity index (χ0n) is 10.0. The van der Waals surface area contributed by atoms with Crippen molar-refractivity contribution < 1.29 is 0 Å². The molecule has 0 amide bonds. The summed E-state index contributed by atoms with van der Waals surface area (Å²) in [6.45, 7) is 0. The predicted molar refractivity (Wildman–Crippen MR) is 87.8 cm³/mol. The molecule has 4 heteroatoms. The fourth-order valence-electron chi connectivity index (χ4n) is 2.01. The third-order valence-corrected chi connectivity index (χ3v) is 4.69. The Kier molecular flexibility index (Phi) is 5.58. The Balaban J connectivity index is 2.27. The summed E-state index contributed by atoms with van der Waals surface area (Å²) in [7, 11) is 0. The number of alkyl halides is 1. The van der Waals surface area contributed by atoms with Crippen LogP contribution in [0.2, 0.25) is 10.0 Å². The number of hydrogen-bond donors (Lipinski definition) is 0. The highest BCUT2D eigenvalue weighted by atomic mass is 79.9. The molecule has 0 N–H and O–H groups in total. The molecule has 0 aliphatic carbocycles. The minimum atomic E-state index is 0.218. The van der Waals surface area contributed by atoms with Gasteiger partial charge in [0.15, 0.2) is 0 Å². The van der Waals surface area contributed by atoms with Crippen LogP contribution in [-0.2, 0) is 6.42 Å². The Morgan fingerprint density at radius 1 is 1.05 bits per heavy atom. The van der Waals surface area contributed by atoms with E-state index < -0.39 is 0 Å². The van der Waals surface area contributed by atoms with Gasteiger partial charge >= 0.3 is 0 Å². The van der Waals surface area contributed by atoms with Gasteiger partial charge in [0.2, 0.25) is 0 Å². The first-order valence-corrected chi connectivity index (χ1v) is 7.94. The first kappa shape index (κ1) is 15.2. The summed E-state index contributed by atoms with van der Waals surface area (Å²) in [6.07, 6.45) is 0.794. The molecule has 0 saturated carbocycles. The molecular weight excluding hydrogens is 366 g/mol. The quantitative estimate of drug-likeness (QED) is 0.546. The van der Waals surface area contributed by atoms with Gasteiger partial charge in [0.1, 0.15) is 0 Å². The molecule has 0 saturated heterocycles. The molecular formula is C15H12BrCl3. The smallest absolute Gasteiger partial charge is 0.0453 e. The summed E-state index contributed by atoms with van der Waals surface area (Å²) in [6, 6.07) is 13.7. The van der Waals surface area contributed by atoms with Gasteiger partial charge in [-0.05, 0) is 35.7 Å². The summed E-state index contributed by atoms with van der Waals surface area (Å²) in [5.41, 5.74) is 2.26. The Morgan fingerprint density at radius 2 is 1.79 bits per heavy atom. The average molecular weight is 379 g/mol. The van der Waals surface area contributed by atoms with Crippen molar-refractivity contribution in [3.8, 4) is 0 Å². The lowest BCUT2D eigenvalue weighted by atomic mass is 9.93. The molecule has 100 valence electrons. The van der Waals surface area contributed by atoms with Gasteiger partial charge in [-0.1, -0.05) is 63.4 Å². The van der Waals surface area contributed by atoms with Crippen LogP contribution >= 0.6 is 50.7 Å². The molecule has 0 aromatic heterocycles. The topological polar surface area (TPSA) is 0 Å². The number of benzene rings is 2. The van der Waals surface area contributed by atoms with Gasteiger partial charge < -0.3 is 0 Å². The van der Waals surface area contributed by atoms with E-state index in [0.29, 0.717) is 15.9 Å². The second-order valence-electron chi connectivity index (χ2n) is 4.31. The molecule has 2 rings (SSSR count). The maximum Gasteiger partial charge on any atom is 0.0453 e. The van der Waals surface area contributed by atoms with Crippen molar-refractivity contribution in [1.29, 1.82) is 0 Å². The van der Waals surface area contributed by atoms with Crippen molar-refractivity contribution in [2.24, 2.45) is 0 Å². The Bertz CT molecular complexity index is 569. The molecule has 0 aliphatic heterocycles. The lowest BCUT2D eigenvalue weighted by Crippen LogP contribution is -2.06. The normalized spacial score (nSPS) is 12.4. The van der Waals surface area contributed by atoms with E-state index in [0.717, 1.165) is 16.5 Å². The van der Waals surface area contributed by atoms with E-state index in [1.165, 1.54) is 5.56 Å². The molecule has 19 heavy (non-hydrogen) atoms. The number of halogens is 4. The molecule has 0 aliphatic rings. The zero-order valence-corrected chi connectivity index (χ0v) is 13.9. The van der Waals surface area contributed by atoms with Gasteiger partial charge in [0.25, 0.3) is 0 Å². The van der Waals surface area contributed by atoms with Crippen molar-refractivity contribution in [2.45, 2.75) is 12.3 Å². The van der Waals surface area contributed by atoms with Gasteiger partial charge in [0.05, 0.1) is 0 Å². The lowest BCUT2D eigenvalue weighted by molar-refractivity contribution is 0.762. The Morgan fingerprint density at radius 3 is 2.42 bits per heavy atom. The molecule has 0 radical (unpaired) electrons. The molecule has 1 atom stereocenters. The fraction of sp³-hybridized carbons (Fsp3) is 0.200. The van der Waals surface area contributed by atoms with Crippen molar-refractivity contribution in [2.75, 3.05) is 5.88 Å². The van der Waals surface area contributed by atoms with Crippen LogP contribution in [-0.4, -0.2) is 5.88 Å². The molecule has 0 nitrogen and oxygen atoms in total. The molecule has 0 spiro atoms. The lowest BCUT2D eigenvalue weighted by Gasteiger charge is -2.17. The molecule has 0 heterocycles. The van der Waals surface area contributed by atoms with Gasteiger partial charge in [-0.25, -0.2) is 0 Å². The minimum Gasteiger partial charge on any atom is -0.126 e. The van der Waals surface area contributed by atoms with E-state index >= 15 is 0 Å².